The lowest BCUT2D eigenvalue weighted by Crippen LogP contribution is -2.35. The Bertz CT molecular complexity index is 688. The maximum absolute atomic E-state index is 12.2. The molecule has 0 radical (unpaired) electrons. The molecule has 1 N–H and O–H groups in total. The summed E-state index contributed by atoms with van der Waals surface area (Å²) in [5.41, 5.74) is 1.96. The van der Waals surface area contributed by atoms with Crippen molar-refractivity contribution < 1.29 is 9.53 Å². The quantitative estimate of drug-likeness (QED) is 0.670. The van der Waals surface area contributed by atoms with E-state index >= 15 is 0 Å². The highest BCUT2D eigenvalue weighted by molar-refractivity contribution is 5.81. The van der Waals surface area contributed by atoms with Crippen LogP contribution in [0.4, 0.5) is 5.69 Å². The zero-order chi connectivity index (χ0) is 17.9. The molecule has 0 atom stereocenters. The molecule has 0 aliphatic heterocycles. The van der Waals surface area contributed by atoms with Gasteiger partial charge in [0.15, 0.2) is 0 Å². The lowest BCUT2D eigenvalue weighted by atomic mass is 10.2. The fourth-order valence-electron chi connectivity index (χ4n) is 2.32. The van der Waals surface area contributed by atoms with Gasteiger partial charge < -0.3 is 15.0 Å². The van der Waals surface area contributed by atoms with Gasteiger partial charge in [-0.1, -0.05) is 48.6 Å². The molecule has 0 spiro atoms. The number of benzene rings is 2. The van der Waals surface area contributed by atoms with E-state index in [4.69, 9.17) is 4.74 Å². The summed E-state index contributed by atoms with van der Waals surface area (Å²) in [6, 6.07) is 17.6. The maximum Gasteiger partial charge on any atom is 0.242 e. The summed E-state index contributed by atoms with van der Waals surface area (Å²) in [5, 5.41) is 3.14. The average molecular weight is 336 g/mol. The number of nitrogens with one attached hydrogen (secondary N) is 1. The van der Waals surface area contributed by atoms with E-state index < -0.39 is 0 Å². The number of ether oxygens (including phenoxy) is 1. The van der Waals surface area contributed by atoms with Crippen LogP contribution in [0.15, 0.2) is 79.9 Å². The van der Waals surface area contributed by atoms with Crippen molar-refractivity contribution in [2.75, 3.05) is 25.0 Å². The molecule has 2 rings (SSSR count). The third-order valence-electron chi connectivity index (χ3n) is 3.58. The van der Waals surface area contributed by atoms with Crippen LogP contribution in [0.1, 0.15) is 5.56 Å². The highest BCUT2D eigenvalue weighted by atomic mass is 16.5. The lowest BCUT2D eigenvalue weighted by Gasteiger charge is -2.20. The second-order valence-corrected chi connectivity index (χ2v) is 5.53. The zero-order valence-corrected chi connectivity index (χ0v) is 14.4. The first-order valence-corrected chi connectivity index (χ1v) is 8.23. The van der Waals surface area contributed by atoms with Crippen LogP contribution < -0.4 is 10.1 Å². The number of carbonyl (C=O) groups is 1. The van der Waals surface area contributed by atoms with Gasteiger partial charge in [0.2, 0.25) is 5.91 Å². The van der Waals surface area contributed by atoms with Crippen LogP contribution in [-0.2, 0) is 11.4 Å². The minimum Gasteiger partial charge on any atom is -0.489 e. The largest absolute Gasteiger partial charge is 0.489 e. The van der Waals surface area contributed by atoms with Gasteiger partial charge in [-0.2, -0.15) is 0 Å². The van der Waals surface area contributed by atoms with E-state index in [0.29, 0.717) is 19.7 Å². The molecular formula is C21H24N2O2. The minimum absolute atomic E-state index is 0.00425. The van der Waals surface area contributed by atoms with Crippen molar-refractivity contribution in [3.05, 3.63) is 85.5 Å². The SMILES string of the molecule is C=CCN(CC=C)C(=O)CNc1cccc(OCc2ccccc2)c1. The number of nitrogens with zero attached hydrogens (tertiary/aromatic N) is 1. The van der Waals surface area contributed by atoms with Crippen molar-refractivity contribution in [1.82, 2.24) is 4.90 Å². The zero-order valence-electron chi connectivity index (χ0n) is 14.4. The van der Waals surface area contributed by atoms with Gasteiger partial charge in [0.25, 0.3) is 0 Å². The number of hydrogen-bond donors (Lipinski definition) is 1. The maximum atomic E-state index is 12.2. The third kappa shape index (κ3) is 6.18. The standard InChI is InChI=1S/C21H24N2O2/c1-3-13-23(14-4-2)21(24)16-22-19-11-8-12-20(15-19)25-17-18-9-6-5-7-10-18/h3-12,15,22H,1-2,13-14,16-17H2. The normalized spacial score (nSPS) is 9.92. The summed E-state index contributed by atoms with van der Waals surface area (Å²) in [6.45, 7) is 9.09. The molecule has 0 unspecified atom stereocenters. The number of amides is 1. The fourth-order valence-corrected chi connectivity index (χ4v) is 2.32. The van der Waals surface area contributed by atoms with E-state index in [1.807, 2.05) is 54.6 Å². The topological polar surface area (TPSA) is 41.6 Å². The number of hydrogen-bond acceptors (Lipinski definition) is 3. The van der Waals surface area contributed by atoms with Crippen LogP contribution in [0, 0.1) is 0 Å². The Morgan fingerprint density at radius 3 is 2.44 bits per heavy atom. The van der Waals surface area contributed by atoms with Gasteiger partial charge in [0.05, 0.1) is 6.54 Å². The van der Waals surface area contributed by atoms with Crippen molar-refractivity contribution in [3.8, 4) is 5.75 Å². The molecule has 2 aromatic carbocycles. The van der Waals surface area contributed by atoms with Gasteiger partial charge in [0, 0.05) is 24.8 Å². The molecule has 4 nitrogen and oxygen atoms in total. The molecule has 0 saturated carbocycles. The van der Waals surface area contributed by atoms with Crippen LogP contribution in [0.25, 0.3) is 0 Å². The van der Waals surface area contributed by atoms with Crippen LogP contribution in [0.5, 0.6) is 5.75 Å². The Morgan fingerprint density at radius 2 is 1.76 bits per heavy atom. The number of carbonyl (C=O) groups excluding carboxylic acids is 1. The molecular weight excluding hydrogens is 312 g/mol. The van der Waals surface area contributed by atoms with Gasteiger partial charge in [-0.3, -0.25) is 4.79 Å². The second-order valence-electron chi connectivity index (χ2n) is 5.53. The van der Waals surface area contributed by atoms with E-state index in [2.05, 4.69) is 18.5 Å². The molecule has 4 heteroatoms. The molecule has 0 heterocycles. The van der Waals surface area contributed by atoms with Gasteiger partial charge in [-0.05, 0) is 17.7 Å². The summed E-state index contributed by atoms with van der Waals surface area (Å²) in [7, 11) is 0. The second kappa shape index (κ2) is 9.98. The Hall–Kier alpha value is -3.01. The van der Waals surface area contributed by atoms with Crippen molar-refractivity contribution in [2.24, 2.45) is 0 Å². The van der Waals surface area contributed by atoms with Crippen LogP contribution in [0.3, 0.4) is 0 Å². The van der Waals surface area contributed by atoms with E-state index in [-0.39, 0.29) is 12.5 Å². The lowest BCUT2D eigenvalue weighted by molar-refractivity contribution is -0.128. The first-order valence-electron chi connectivity index (χ1n) is 8.23. The smallest absolute Gasteiger partial charge is 0.242 e. The van der Waals surface area contributed by atoms with E-state index in [9.17, 15) is 4.79 Å². The fraction of sp³-hybridized carbons (Fsp3) is 0.190. The van der Waals surface area contributed by atoms with Gasteiger partial charge >= 0.3 is 0 Å². The highest BCUT2D eigenvalue weighted by Gasteiger charge is 2.10. The predicted molar refractivity (Wildman–Crippen MR) is 103 cm³/mol. The third-order valence-corrected chi connectivity index (χ3v) is 3.58. The monoisotopic (exact) mass is 336 g/mol. The molecule has 130 valence electrons. The van der Waals surface area contributed by atoms with Gasteiger partial charge in [0.1, 0.15) is 12.4 Å². The predicted octanol–water partition coefficient (Wildman–Crippen LogP) is 3.88. The minimum atomic E-state index is -0.00425. The average Bonchev–Trinajstić information content (AvgIpc) is 2.65. The van der Waals surface area contributed by atoms with E-state index in [1.165, 1.54) is 0 Å². The van der Waals surface area contributed by atoms with Crippen molar-refractivity contribution >= 4 is 11.6 Å². The number of anilines is 1. The Labute approximate surface area is 149 Å². The summed E-state index contributed by atoms with van der Waals surface area (Å²) in [4.78, 5) is 13.9. The molecule has 25 heavy (non-hydrogen) atoms. The molecule has 0 fully saturated rings. The summed E-state index contributed by atoms with van der Waals surface area (Å²) >= 11 is 0. The van der Waals surface area contributed by atoms with Crippen molar-refractivity contribution in [2.45, 2.75) is 6.61 Å². The van der Waals surface area contributed by atoms with Crippen LogP contribution in [-0.4, -0.2) is 30.4 Å². The van der Waals surface area contributed by atoms with E-state index in [1.54, 1.807) is 17.1 Å². The molecule has 0 aliphatic rings. The Balaban J connectivity index is 1.89. The molecule has 0 saturated heterocycles. The van der Waals surface area contributed by atoms with Crippen molar-refractivity contribution in [3.63, 3.8) is 0 Å². The van der Waals surface area contributed by atoms with Gasteiger partial charge in [-0.15, -0.1) is 13.2 Å². The van der Waals surface area contributed by atoms with Crippen molar-refractivity contribution in [1.29, 1.82) is 0 Å². The van der Waals surface area contributed by atoms with Crippen LogP contribution in [0.2, 0.25) is 0 Å². The number of rotatable bonds is 10. The first kappa shape index (κ1) is 18.3. The van der Waals surface area contributed by atoms with E-state index in [0.717, 1.165) is 17.0 Å². The molecule has 2 aromatic rings. The summed E-state index contributed by atoms with van der Waals surface area (Å²) in [5.74, 6) is 0.755. The van der Waals surface area contributed by atoms with Gasteiger partial charge in [-0.25, -0.2) is 0 Å². The molecule has 0 aromatic heterocycles. The highest BCUT2D eigenvalue weighted by Crippen LogP contribution is 2.18. The Morgan fingerprint density at radius 1 is 1.04 bits per heavy atom. The molecule has 0 bridgehead atoms. The summed E-state index contributed by atoms with van der Waals surface area (Å²) in [6.07, 6.45) is 3.42. The molecule has 0 aliphatic carbocycles. The molecule has 1 amide bonds. The summed E-state index contributed by atoms with van der Waals surface area (Å²) < 4.78 is 5.80. The Kier molecular flexibility index (Phi) is 7.32. The van der Waals surface area contributed by atoms with Crippen LogP contribution >= 0.6 is 0 Å². The first-order chi connectivity index (χ1) is 12.2.